The molecule has 3 heterocycles. The van der Waals surface area contributed by atoms with Crippen molar-refractivity contribution in [3.63, 3.8) is 0 Å². The van der Waals surface area contributed by atoms with Crippen molar-refractivity contribution in [2.45, 2.75) is 32.4 Å². The van der Waals surface area contributed by atoms with Crippen LogP contribution in [0, 0.1) is 10.1 Å². The van der Waals surface area contributed by atoms with Gasteiger partial charge in [0.25, 0.3) is 11.5 Å². The van der Waals surface area contributed by atoms with Crippen molar-refractivity contribution in [3.8, 4) is 11.5 Å². The van der Waals surface area contributed by atoms with E-state index in [2.05, 4.69) is 4.98 Å². The molecule has 0 radical (unpaired) electrons. The van der Waals surface area contributed by atoms with E-state index in [1.165, 1.54) is 34.4 Å². The number of fused-ring (bicyclic) bond motifs is 2. The number of non-ortho nitro benzene ring substituents is 1. The lowest BCUT2D eigenvalue weighted by Gasteiger charge is -2.22. The zero-order valence-electron chi connectivity index (χ0n) is 21.5. The van der Waals surface area contributed by atoms with Gasteiger partial charge in [0.1, 0.15) is 23.4 Å². The van der Waals surface area contributed by atoms with Gasteiger partial charge in [-0.3, -0.25) is 24.6 Å². The monoisotopic (exact) mass is 557 g/mol. The molecule has 1 amide bonds. The Morgan fingerprint density at radius 2 is 2.02 bits per heavy atom. The number of Topliss-reactive ketones (excluding diaryl/α,β-unsaturated/α-hetero) is 1. The number of carbonyl (C=O) groups is 2. The van der Waals surface area contributed by atoms with Gasteiger partial charge in [0.2, 0.25) is 0 Å². The van der Waals surface area contributed by atoms with Gasteiger partial charge < -0.3 is 14.6 Å². The molecule has 1 saturated heterocycles. The van der Waals surface area contributed by atoms with Crippen LogP contribution < -0.4 is 14.4 Å². The molecule has 1 aromatic heterocycles. The number of amides is 1. The summed E-state index contributed by atoms with van der Waals surface area (Å²) in [5.41, 5.74) is 1.71. The van der Waals surface area contributed by atoms with E-state index in [0.29, 0.717) is 41.2 Å². The van der Waals surface area contributed by atoms with E-state index in [0.717, 1.165) is 10.3 Å². The molecule has 202 valence electrons. The molecule has 2 unspecified atom stereocenters. The second-order valence-electron chi connectivity index (χ2n) is 9.54. The third kappa shape index (κ3) is 4.24. The van der Waals surface area contributed by atoms with Crippen LogP contribution in [0.3, 0.4) is 0 Å². The molecule has 0 aliphatic carbocycles. The maximum Gasteiger partial charge on any atom is 0.301 e. The number of ketones is 1. The van der Waals surface area contributed by atoms with Gasteiger partial charge in [0, 0.05) is 24.1 Å². The number of aliphatic hydroxyl groups is 1. The van der Waals surface area contributed by atoms with Crippen LogP contribution in [0.2, 0.25) is 0 Å². The Bertz CT molecular complexity index is 1740. The van der Waals surface area contributed by atoms with Gasteiger partial charge in [0.15, 0.2) is 5.13 Å². The van der Waals surface area contributed by atoms with Gasteiger partial charge >= 0.3 is 5.91 Å². The molecule has 6 rings (SSSR count). The Labute approximate surface area is 232 Å². The highest BCUT2D eigenvalue weighted by Crippen LogP contribution is 2.45. The van der Waals surface area contributed by atoms with Crippen LogP contribution in [0.4, 0.5) is 10.8 Å². The van der Waals surface area contributed by atoms with Crippen molar-refractivity contribution < 1.29 is 29.1 Å². The topological polar surface area (TPSA) is 132 Å². The number of nitro groups is 1. The lowest BCUT2D eigenvalue weighted by molar-refractivity contribution is -0.384. The summed E-state index contributed by atoms with van der Waals surface area (Å²) in [7, 11) is 0. The number of carbonyl (C=O) groups excluding carboxylic acids is 2. The Morgan fingerprint density at radius 3 is 2.80 bits per heavy atom. The van der Waals surface area contributed by atoms with Crippen LogP contribution in [0.15, 0.2) is 66.2 Å². The van der Waals surface area contributed by atoms with Crippen molar-refractivity contribution >= 4 is 49.8 Å². The van der Waals surface area contributed by atoms with Gasteiger partial charge in [-0.2, -0.15) is 0 Å². The molecule has 0 saturated carbocycles. The van der Waals surface area contributed by atoms with Crippen LogP contribution in [-0.4, -0.2) is 39.4 Å². The predicted octanol–water partition coefficient (Wildman–Crippen LogP) is 5.55. The third-order valence-electron chi connectivity index (χ3n) is 6.88. The Balaban J connectivity index is 1.53. The summed E-state index contributed by atoms with van der Waals surface area (Å²) in [4.78, 5) is 43.9. The number of hydrogen-bond acceptors (Lipinski definition) is 9. The summed E-state index contributed by atoms with van der Waals surface area (Å²) in [6.07, 6.45) is 0.610. The molecular formula is C29H23N3O7S. The Hall–Kier alpha value is -4.77. The largest absolute Gasteiger partial charge is 0.507 e. The molecule has 10 nitrogen and oxygen atoms in total. The minimum atomic E-state index is -1.14. The first kappa shape index (κ1) is 25.5. The number of anilines is 1. The molecule has 1 fully saturated rings. The molecule has 11 heteroatoms. The summed E-state index contributed by atoms with van der Waals surface area (Å²) < 4.78 is 12.1. The quantitative estimate of drug-likeness (QED) is 0.107. The molecule has 3 aromatic carbocycles. The first-order chi connectivity index (χ1) is 19.2. The number of nitrogens with zero attached hydrogens (tertiary/aromatic N) is 3. The van der Waals surface area contributed by atoms with Gasteiger partial charge in [0.05, 0.1) is 33.4 Å². The van der Waals surface area contributed by atoms with Crippen molar-refractivity contribution in [1.29, 1.82) is 0 Å². The van der Waals surface area contributed by atoms with Gasteiger partial charge in [-0.1, -0.05) is 23.5 Å². The number of hydrogen-bond donors (Lipinski definition) is 1. The third-order valence-corrected chi connectivity index (χ3v) is 7.89. The average molecular weight is 558 g/mol. The molecule has 2 aliphatic rings. The van der Waals surface area contributed by atoms with Crippen molar-refractivity contribution in [2.75, 3.05) is 11.5 Å². The van der Waals surface area contributed by atoms with Crippen LogP contribution in [-0.2, 0) is 16.0 Å². The lowest BCUT2D eigenvalue weighted by Crippen LogP contribution is -2.29. The van der Waals surface area contributed by atoms with E-state index in [9.17, 15) is 24.8 Å². The van der Waals surface area contributed by atoms with E-state index in [1.54, 1.807) is 42.5 Å². The molecule has 2 aliphatic heterocycles. The number of ether oxygens (including phenoxy) is 2. The van der Waals surface area contributed by atoms with Gasteiger partial charge in [-0.05, 0) is 61.4 Å². The first-order valence-corrected chi connectivity index (χ1v) is 13.5. The van der Waals surface area contributed by atoms with E-state index >= 15 is 0 Å². The number of thiazole rings is 1. The molecule has 2 atom stereocenters. The summed E-state index contributed by atoms with van der Waals surface area (Å²) >= 11 is 1.18. The highest BCUT2D eigenvalue weighted by Gasteiger charge is 2.48. The molecular weight excluding hydrogens is 534 g/mol. The highest BCUT2D eigenvalue weighted by molar-refractivity contribution is 7.22. The highest BCUT2D eigenvalue weighted by atomic mass is 32.1. The van der Waals surface area contributed by atoms with Crippen molar-refractivity contribution in [1.82, 2.24) is 4.98 Å². The fourth-order valence-electron chi connectivity index (χ4n) is 5.13. The van der Waals surface area contributed by atoms with Crippen LogP contribution in [0.1, 0.15) is 36.6 Å². The average Bonchev–Trinajstić information content (AvgIpc) is 3.60. The van der Waals surface area contributed by atoms with Crippen LogP contribution >= 0.6 is 11.3 Å². The maximum atomic E-state index is 13.6. The summed E-state index contributed by atoms with van der Waals surface area (Å²) in [6.45, 7) is 4.28. The molecule has 0 bridgehead atoms. The first-order valence-electron chi connectivity index (χ1n) is 12.6. The fourth-order valence-corrected chi connectivity index (χ4v) is 6.15. The maximum absolute atomic E-state index is 13.6. The number of aromatic nitrogens is 1. The summed E-state index contributed by atoms with van der Waals surface area (Å²) in [5.74, 6) is -0.842. The van der Waals surface area contributed by atoms with Crippen LogP contribution in [0.5, 0.6) is 11.5 Å². The number of rotatable bonds is 6. The zero-order chi connectivity index (χ0) is 28.1. The SMILES string of the molecule is CCOc1ccc2nc(N3C(=O)C(=O)/C(=C(/O)c4ccc5c(c4)CC(C)O5)C3c3cccc([N+](=O)[O-])c3)sc2c1. The van der Waals surface area contributed by atoms with Gasteiger partial charge in [-0.15, -0.1) is 0 Å². The number of benzene rings is 3. The Kier molecular flexibility index (Phi) is 6.22. The molecule has 0 spiro atoms. The smallest absolute Gasteiger partial charge is 0.301 e. The molecule has 4 aromatic rings. The van der Waals surface area contributed by atoms with E-state index in [-0.39, 0.29) is 28.3 Å². The predicted molar refractivity (Wildman–Crippen MR) is 149 cm³/mol. The second-order valence-corrected chi connectivity index (χ2v) is 10.5. The standard InChI is InChI=1S/C29H23N3O7S/c1-3-38-20-8-9-21-23(14-20)40-29(30-21)31-25(16-5-4-6-19(13-16)32(36)37)24(27(34)28(31)35)26(33)17-7-10-22-18(12-17)11-15(2)39-22/h4-10,12-15,25,33H,3,11H2,1-2H3/b26-24+. The molecule has 1 N–H and O–H groups in total. The minimum Gasteiger partial charge on any atom is -0.507 e. The van der Waals surface area contributed by atoms with E-state index in [1.807, 2.05) is 13.8 Å². The Morgan fingerprint density at radius 1 is 1.20 bits per heavy atom. The van der Waals surface area contributed by atoms with Crippen molar-refractivity contribution in [3.05, 3.63) is 93.0 Å². The normalized spacial score (nSPS) is 19.6. The van der Waals surface area contributed by atoms with Crippen LogP contribution in [0.25, 0.3) is 16.0 Å². The van der Waals surface area contributed by atoms with Gasteiger partial charge in [-0.25, -0.2) is 4.98 Å². The molecule has 40 heavy (non-hydrogen) atoms. The summed E-state index contributed by atoms with van der Waals surface area (Å²) in [6, 6.07) is 14.9. The zero-order valence-corrected chi connectivity index (χ0v) is 22.3. The van der Waals surface area contributed by atoms with E-state index < -0.39 is 22.7 Å². The summed E-state index contributed by atoms with van der Waals surface area (Å²) in [5, 5.41) is 23.3. The minimum absolute atomic E-state index is 0.0230. The number of nitro benzene ring substituents is 1. The van der Waals surface area contributed by atoms with E-state index in [4.69, 9.17) is 9.47 Å². The fraction of sp³-hybridized carbons (Fsp3) is 0.207. The lowest BCUT2D eigenvalue weighted by atomic mass is 9.94. The second kappa shape index (κ2) is 9.76. The van der Waals surface area contributed by atoms with Crippen molar-refractivity contribution in [2.24, 2.45) is 0 Å². The number of aliphatic hydroxyl groups excluding tert-OH is 1.